The number of carbonyl (C=O) groups excluding carboxylic acids is 1. The molecular weight excluding hydrogens is 444 g/mol. The Morgan fingerprint density at radius 1 is 1.03 bits per heavy atom. The minimum absolute atomic E-state index is 0.102. The Morgan fingerprint density at radius 2 is 1.75 bits per heavy atom. The molecule has 1 amide bonds. The van der Waals surface area contributed by atoms with Crippen LogP contribution >= 0.6 is 11.8 Å². The first-order chi connectivity index (χ1) is 15.4. The number of rotatable bonds is 7. The fourth-order valence-electron chi connectivity index (χ4n) is 3.25. The average molecular weight is 467 g/mol. The van der Waals surface area contributed by atoms with Gasteiger partial charge in [-0.3, -0.25) is 9.10 Å². The van der Waals surface area contributed by atoms with E-state index in [9.17, 15) is 13.2 Å². The van der Waals surface area contributed by atoms with Gasteiger partial charge in [-0.1, -0.05) is 48.2 Å². The third-order valence-electron chi connectivity index (χ3n) is 4.97. The average Bonchev–Trinajstić information content (AvgIpc) is 3.13. The lowest BCUT2D eigenvalue weighted by molar-refractivity contribution is -0.113. The van der Waals surface area contributed by atoms with Crippen molar-refractivity contribution in [1.82, 2.24) is 9.55 Å². The van der Waals surface area contributed by atoms with E-state index >= 15 is 0 Å². The number of benzene rings is 3. The van der Waals surface area contributed by atoms with E-state index in [0.717, 1.165) is 16.2 Å². The van der Waals surface area contributed by atoms with E-state index in [1.807, 2.05) is 41.9 Å². The molecule has 1 aromatic heterocycles. The fraction of sp³-hybridized carbons (Fsp3) is 0.130. The number of nitrogens with zero attached hydrogens (tertiary/aromatic N) is 3. The lowest BCUT2D eigenvalue weighted by atomic mass is 10.3. The number of fused-ring (bicyclic) bond motifs is 1. The van der Waals surface area contributed by atoms with Gasteiger partial charge in [0.1, 0.15) is 0 Å². The van der Waals surface area contributed by atoms with Crippen molar-refractivity contribution < 1.29 is 13.2 Å². The molecule has 7 nitrogen and oxygen atoms in total. The molecule has 0 aliphatic rings. The van der Waals surface area contributed by atoms with Crippen LogP contribution in [0.1, 0.15) is 0 Å². The number of aryl methyl sites for hydroxylation is 1. The number of hydrogen-bond donors (Lipinski definition) is 1. The van der Waals surface area contributed by atoms with Gasteiger partial charge in [-0.05, 0) is 42.5 Å². The van der Waals surface area contributed by atoms with Gasteiger partial charge in [0.15, 0.2) is 5.16 Å². The standard InChI is InChI=1S/C23H22N4O3S2/c1-26-21-14-7-6-13-20(21)25-23(26)31-16-22(28)24-17-9-8-12-19(15-17)32(29,30)27(2)18-10-4-3-5-11-18/h3-15H,16H2,1-2H3,(H,24,28). The van der Waals surface area contributed by atoms with Crippen molar-refractivity contribution in [1.29, 1.82) is 0 Å². The highest BCUT2D eigenvalue weighted by Gasteiger charge is 2.21. The van der Waals surface area contributed by atoms with Crippen LogP contribution in [0, 0.1) is 0 Å². The maximum atomic E-state index is 13.0. The molecule has 164 valence electrons. The molecule has 1 heterocycles. The van der Waals surface area contributed by atoms with Gasteiger partial charge in [-0.2, -0.15) is 0 Å². The number of para-hydroxylation sites is 3. The molecule has 0 saturated heterocycles. The maximum absolute atomic E-state index is 13.0. The zero-order chi connectivity index (χ0) is 22.7. The van der Waals surface area contributed by atoms with E-state index < -0.39 is 10.0 Å². The van der Waals surface area contributed by atoms with Crippen molar-refractivity contribution in [3.63, 3.8) is 0 Å². The highest BCUT2D eigenvalue weighted by Crippen LogP contribution is 2.25. The summed E-state index contributed by atoms with van der Waals surface area (Å²) in [6.07, 6.45) is 0. The topological polar surface area (TPSA) is 84.3 Å². The van der Waals surface area contributed by atoms with Gasteiger partial charge in [-0.15, -0.1) is 0 Å². The number of thioether (sulfide) groups is 1. The number of carbonyl (C=O) groups is 1. The largest absolute Gasteiger partial charge is 0.325 e. The van der Waals surface area contributed by atoms with Gasteiger partial charge in [0.05, 0.1) is 27.4 Å². The molecule has 0 aliphatic carbocycles. The summed E-state index contributed by atoms with van der Waals surface area (Å²) in [5.74, 6) is -0.0917. The number of anilines is 2. The lowest BCUT2D eigenvalue weighted by Crippen LogP contribution is -2.26. The lowest BCUT2D eigenvalue weighted by Gasteiger charge is -2.19. The number of nitrogens with one attached hydrogen (secondary N) is 1. The third kappa shape index (κ3) is 4.49. The molecule has 0 spiro atoms. The number of amides is 1. The van der Waals surface area contributed by atoms with E-state index in [4.69, 9.17) is 0 Å². The second-order valence-electron chi connectivity index (χ2n) is 7.11. The maximum Gasteiger partial charge on any atom is 0.264 e. The van der Waals surface area contributed by atoms with Crippen molar-refractivity contribution in [2.24, 2.45) is 7.05 Å². The molecule has 9 heteroatoms. The third-order valence-corrected chi connectivity index (χ3v) is 7.79. The minimum atomic E-state index is -3.76. The zero-order valence-electron chi connectivity index (χ0n) is 17.6. The predicted molar refractivity (Wildman–Crippen MR) is 129 cm³/mol. The van der Waals surface area contributed by atoms with Crippen molar-refractivity contribution in [2.45, 2.75) is 10.1 Å². The Labute approximate surface area is 191 Å². The Kier molecular flexibility index (Phi) is 6.20. The van der Waals surface area contributed by atoms with Crippen LogP contribution in [0.25, 0.3) is 11.0 Å². The van der Waals surface area contributed by atoms with E-state index in [-0.39, 0.29) is 16.6 Å². The second kappa shape index (κ2) is 9.05. The van der Waals surface area contributed by atoms with Crippen LogP contribution in [-0.2, 0) is 21.9 Å². The first-order valence-corrected chi connectivity index (χ1v) is 12.3. The van der Waals surface area contributed by atoms with Crippen molar-refractivity contribution >= 4 is 50.1 Å². The van der Waals surface area contributed by atoms with Gasteiger partial charge in [0, 0.05) is 19.8 Å². The summed E-state index contributed by atoms with van der Waals surface area (Å²) < 4.78 is 29.2. The van der Waals surface area contributed by atoms with Gasteiger partial charge in [-0.25, -0.2) is 13.4 Å². The summed E-state index contributed by atoms with van der Waals surface area (Å²) in [4.78, 5) is 17.1. The zero-order valence-corrected chi connectivity index (χ0v) is 19.2. The predicted octanol–water partition coefficient (Wildman–Crippen LogP) is 4.13. The second-order valence-corrected chi connectivity index (χ2v) is 10.0. The van der Waals surface area contributed by atoms with Crippen LogP contribution in [-0.4, -0.2) is 36.7 Å². The molecule has 4 aromatic rings. The molecule has 0 aliphatic heterocycles. The number of hydrogen-bond acceptors (Lipinski definition) is 5. The van der Waals surface area contributed by atoms with Crippen LogP contribution in [0.2, 0.25) is 0 Å². The van der Waals surface area contributed by atoms with E-state index in [1.54, 1.807) is 36.4 Å². The normalized spacial score (nSPS) is 11.4. The van der Waals surface area contributed by atoms with Gasteiger partial charge in [0.25, 0.3) is 10.0 Å². The summed E-state index contributed by atoms with van der Waals surface area (Å²) in [6.45, 7) is 0. The molecule has 0 saturated carbocycles. The van der Waals surface area contributed by atoms with Gasteiger partial charge < -0.3 is 9.88 Å². The van der Waals surface area contributed by atoms with Crippen LogP contribution in [0.5, 0.6) is 0 Å². The van der Waals surface area contributed by atoms with Gasteiger partial charge >= 0.3 is 0 Å². The van der Waals surface area contributed by atoms with Crippen molar-refractivity contribution in [3.05, 3.63) is 78.9 Å². The summed E-state index contributed by atoms with van der Waals surface area (Å²) in [5.41, 5.74) is 2.85. The molecule has 1 N–H and O–H groups in total. The van der Waals surface area contributed by atoms with Crippen molar-refractivity contribution in [2.75, 3.05) is 22.4 Å². The van der Waals surface area contributed by atoms with E-state index in [1.165, 1.54) is 35.2 Å². The fourth-order valence-corrected chi connectivity index (χ4v) is 5.28. The smallest absolute Gasteiger partial charge is 0.264 e. The summed E-state index contributed by atoms with van der Waals surface area (Å²) >= 11 is 1.33. The summed E-state index contributed by atoms with van der Waals surface area (Å²) in [7, 11) is -0.349. The molecule has 4 rings (SSSR count). The number of aromatic nitrogens is 2. The molecule has 0 radical (unpaired) electrons. The van der Waals surface area contributed by atoms with Crippen LogP contribution in [0.3, 0.4) is 0 Å². The monoisotopic (exact) mass is 466 g/mol. The number of sulfonamides is 1. The molecule has 3 aromatic carbocycles. The first kappa shape index (κ1) is 21.9. The SMILES string of the molecule is CN(c1ccccc1)S(=O)(=O)c1cccc(NC(=O)CSc2nc3ccccc3n2C)c1. The Balaban J connectivity index is 1.45. The number of imidazole rings is 1. The molecule has 0 fully saturated rings. The molecular formula is C23H22N4O3S2. The molecule has 0 unspecified atom stereocenters. The Morgan fingerprint density at radius 3 is 2.50 bits per heavy atom. The van der Waals surface area contributed by atoms with Crippen LogP contribution < -0.4 is 9.62 Å². The van der Waals surface area contributed by atoms with E-state index in [2.05, 4.69) is 10.3 Å². The quantitative estimate of drug-likeness (QED) is 0.414. The van der Waals surface area contributed by atoms with Crippen molar-refractivity contribution in [3.8, 4) is 0 Å². The van der Waals surface area contributed by atoms with E-state index in [0.29, 0.717) is 11.4 Å². The Hall–Kier alpha value is -3.30. The molecule has 0 atom stereocenters. The Bertz CT molecular complexity index is 1370. The molecule has 32 heavy (non-hydrogen) atoms. The summed E-state index contributed by atoms with van der Waals surface area (Å²) in [5, 5.41) is 3.51. The van der Waals surface area contributed by atoms with Crippen LogP contribution in [0.4, 0.5) is 11.4 Å². The highest BCUT2D eigenvalue weighted by molar-refractivity contribution is 7.99. The van der Waals surface area contributed by atoms with Gasteiger partial charge in [0.2, 0.25) is 5.91 Å². The highest BCUT2D eigenvalue weighted by atomic mass is 32.2. The summed E-state index contributed by atoms with van der Waals surface area (Å²) in [6, 6.07) is 22.9. The van der Waals surface area contributed by atoms with Crippen LogP contribution in [0.15, 0.2) is 88.9 Å². The minimum Gasteiger partial charge on any atom is -0.325 e. The first-order valence-electron chi connectivity index (χ1n) is 9.84. The molecule has 0 bridgehead atoms.